The van der Waals surface area contributed by atoms with Gasteiger partial charge in [-0.15, -0.1) is 0 Å². The summed E-state index contributed by atoms with van der Waals surface area (Å²) in [7, 11) is 0. The zero-order valence-electron chi connectivity index (χ0n) is 11.6. The largest absolute Gasteiger partial charge is 0.389 e. The predicted octanol–water partition coefficient (Wildman–Crippen LogP) is 1.92. The van der Waals surface area contributed by atoms with Gasteiger partial charge in [-0.25, -0.2) is 4.98 Å². The normalized spacial score (nSPS) is 19.6. The number of aryl methyl sites for hydroxylation is 1. The molecule has 1 aromatic heterocycles. The number of likely N-dealkylation sites (N-methyl/N-ethyl adjacent to an activating group) is 1. The second-order valence-corrected chi connectivity index (χ2v) is 5.46. The molecule has 1 saturated heterocycles. The molecule has 2 rings (SSSR count). The molecule has 19 heavy (non-hydrogen) atoms. The van der Waals surface area contributed by atoms with Gasteiger partial charge in [-0.2, -0.15) is 0 Å². The van der Waals surface area contributed by atoms with Gasteiger partial charge in [0, 0.05) is 18.3 Å². The Morgan fingerprint density at radius 2 is 2.37 bits per heavy atom. The van der Waals surface area contributed by atoms with Gasteiger partial charge in [-0.1, -0.05) is 19.1 Å². The fourth-order valence-electron chi connectivity index (χ4n) is 2.65. The number of aromatic nitrogens is 1. The third-order valence-electron chi connectivity index (χ3n) is 3.71. The van der Waals surface area contributed by atoms with E-state index in [1.807, 2.05) is 19.1 Å². The van der Waals surface area contributed by atoms with Crippen LogP contribution in [-0.4, -0.2) is 40.5 Å². The van der Waals surface area contributed by atoms with E-state index in [2.05, 4.69) is 22.1 Å². The average molecular weight is 278 g/mol. The Morgan fingerprint density at radius 3 is 3.05 bits per heavy atom. The topological polar surface area (TPSA) is 54.2 Å². The molecule has 1 aromatic rings. The fourth-order valence-corrected chi connectivity index (χ4v) is 2.81. The van der Waals surface area contributed by atoms with Crippen LogP contribution in [0.3, 0.4) is 0 Å². The van der Waals surface area contributed by atoms with Gasteiger partial charge in [0.15, 0.2) is 0 Å². The summed E-state index contributed by atoms with van der Waals surface area (Å²) >= 11 is 5.08. The smallest absolute Gasteiger partial charge is 0.136 e. The maximum absolute atomic E-state index is 5.74. The summed E-state index contributed by atoms with van der Waals surface area (Å²) in [6.45, 7) is 7.40. The summed E-state index contributed by atoms with van der Waals surface area (Å²) < 4.78 is 0. The number of rotatable bonds is 5. The lowest BCUT2D eigenvalue weighted by atomic mass is 10.2. The monoisotopic (exact) mass is 278 g/mol. The zero-order valence-corrected chi connectivity index (χ0v) is 12.5. The van der Waals surface area contributed by atoms with Crippen molar-refractivity contribution in [2.45, 2.75) is 32.7 Å². The molecule has 1 aliphatic rings. The van der Waals surface area contributed by atoms with E-state index in [1.54, 1.807) is 0 Å². The average Bonchev–Trinajstić information content (AvgIpc) is 2.83. The van der Waals surface area contributed by atoms with E-state index in [4.69, 9.17) is 18.0 Å². The van der Waals surface area contributed by atoms with Gasteiger partial charge in [0.25, 0.3) is 0 Å². The minimum Gasteiger partial charge on any atom is -0.389 e. The lowest BCUT2D eigenvalue weighted by Gasteiger charge is -2.23. The Morgan fingerprint density at radius 1 is 1.58 bits per heavy atom. The molecule has 2 heterocycles. The lowest BCUT2D eigenvalue weighted by Crippen LogP contribution is -2.35. The Hall–Kier alpha value is -1.20. The Balaban J connectivity index is 2.06. The highest BCUT2D eigenvalue weighted by atomic mass is 32.1. The van der Waals surface area contributed by atoms with Gasteiger partial charge in [-0.3, -0.25) is 4.90 Å². The van der Waals surface area contributed by atoms with Crippen molar-refractivity contribution in [3.8, 4) is 0 Å². The van der Waals surface area contributed by atoms with Crippen LogP contribution in [0.2, 0.25) is 0 Å². The van der Waals surface area contributed by atoms with Crippen LogP contribution in [0.1, 0.15) is 31.0 Å². The summed E-state index contributed by atoms with van der Waals surface area (Å²) in [4.78, 5) is 7.41. The first-order valence-electron chi connectivity index (χ1n) is 6.87. The molecule has 0 bridgehead atoms. The van der Waals surface area contributed by atoms with Crippen LogP contribution in [0.4, 0.5) is 5.82 Å². The number of thiocarbonyl (C=S) groups is 1. The van der Waals surface area contributed by atoms with Crippen molar-refractivity contribution in [1.82, 2.24) is 9.88 Å². The number of nitrogens with zero attached hydrogens (tertiary/aromatic N) is 2. The standard InChI is InChI=1S/C14H22N4S/c1-3-18-8-4-5-11(18)9-16-14-12(13(15)19)7-6-10(2)17-14/h6-7,11H,3-5,8-9H2,1-2H3,(H2,15,19)(H,16,17). The molecule has 1 aliphatic heterocycles. The minimum atomic E-state index is 0.397. The maximum Gasteiger partial charge on any atom is 0.136 e. The Bertz CT molecular complexity index is 461. The molecule has 0 saturated carbocycles. The summed E-state index contributed by atoms with van der Waals surface area (Å²) in [5, 5.41) is 3.42. The molecular formula is C14H22N4S. The molecule has 1 unspecified atom stereocenters. The molecule has 0 radical (unpaired) electrons. The quantitative estimate of drug-likeness (QED) is 0.806. The zero-order chi connectivity index (χ0) is 13.8. The van der Waals surface area contributed by atoms with Gasteiger partial charge in [-0.05, 0) is 45.0 Å². The van der Waals surface area contributed by atoms with Crippen molar-refractivity contribution in [2.24, 2.45) is 5.73 Å². The third kappa shape index (κ3) is 3.42. The van der Waals surface area contributed by atoms with Crippen molar-refractivity contribution < 1.29 is 0 Å². The highest BCUT2D eigenvalue weighted by Crippen LogP contribution is 2.19. The number of hydrogen-bond donors (Lipinski definition) is 2. The summed E-state index contributed by atoms with van der Waals surface area (Å²) in [5.74, 6) is 0.815. The first kappa shape index (κ1) is 14.2. The molecule has 1 fully saturated rings. The molecule has 1 atom stereocenters. The maximum atomic E-state index is 5.74. The van der Waals surface area contributed by atoms with Crippen LogP contribution in [0, 0.1) is 6.92 Å². The molecule has 5 heteroatoms. The highest BCUT2D eigenvalue weighted by Gasteiger charge is 2.22. The van der Waals surface area contributed by atoms with E-state index in [1.165, 1.54) is 19.4 Å². The lowest BCUT2D eigenvalue weighted by molar-refractivity contribution is 0.277. The van der Waals surface area contributed by atoms with E-state index in [-0.39, 0.29) is 0 Å². The minimum absolute atomic E-state index is 0.397. The number of likely N-dealkylation sites (tertiary alicyclic amines) is 1. The van der Waals surface area contributed by atoms with Crippen LogP contribution in [0.15, 0.2) is 12.1 Å². The van der Waals surface area contributed by atoms with Gasteiger partial charge < -0.3 is 11.1 Å². The van der Waals surface area contributed by atoms with Crippen molar-refractivity contribution in [1.29, 1.82) is 0 Å². The van der Waals surface area contributed by atoms with E-state index in [0.29, 0.717) is 11.0 Å². The number of hydrogen-bond acceptors (Lipinski definition) is 4. The summed E-state index contributed by atoms with van der Waals surface area (Å²) in [6.07, 6.45) is 2.53. The van der Waals surface area contributed by atoms with Crippen LogP contribution in [0.5, 0.6) is 0 Å². The number of pyridine rings is 1. The van der Waals surface area contributed by atoms with E-state index >= 15 is 0 Å². The van der Waals surface area contributed by atoms with Crippen LogP contribution in [-0.2, 0) is 0 Å². The third-order valence-corrected chi connectivity index (χ3v) is 3.93. The van der Waals surface area contributed by atoms with Crippen molar-refractivity contribution in [2.75, 3.05) is 25.0 Å². The van der Waals surface area contributed by atoms with Gasteiger partial charge in [0.05, 0.1) is 5.56 Å². The molecule has 0 aliphatic carbocycles. The molecule has 4 nitrogen and oxygen atoms in total. The number of anilines is 1. The highest BCUT2D eigenvalue weighted by molar-refractivity contribution is 7.80. The number of nitrogens with one attached hydrogen (secondary N) is 1. The van der Waals surface area contributed by atoms with Crippen LogP contribution >= 0.6 is 12.2 Å². The summed E-state index contributed by atoms with van der Waals surface area (Å²) in [6, 6.07) is 4.47. The van der Waals surface area contributed by atoms with Crippen molar-refractivity contribution >= 4 is 23.0 Å². The van der Waals surface area contributed by atoms with E-state index in [0.717, 1.165) is 30.2 Å². The first-order valence-corrected chi connectivity index (χ1v) is 7.28. The molecular weight excluding hydrogens is 256 g/mol. The second kappa shape index (κ2) is 6.30. The molecule has 104 valence electrons. The first-order chi connectivity index (χ1) is 9.11. The van der Waals surface area contributed by atoms with Gasteiger partial charge in [0.1, 0.15) is 10.8 Å². The molecule has 0 amide bonds. The van der Waals surface area contributed by atoms with Crippen LogP contribution in [0.25, 0.3) is 0 Å². The Kier molecular flexibility index (Phi) is 4.71. The molecule has 0 spiro atoms. The van der Waals surface area contributed by atoms with E-state index < -0.39 is 0 Å². The fraction of sp³-hybridized carbons (Fsp3) is 0.571. The van der Waals surface area contributed by atoms with Crippen LogP contribution < -0.4 is 11.1 Å². The SMILES string of the molecule is CCN1CCCC1CNc1nc(C)ccc1C(N)=S. The molecule has 0 aromatic carbocycles. The van der Waals surface area contributed by atoms with Crippen molar-refractivity contribution in [3.05, 3.63) is 23.4 Å². The van der Waals surface area contributed by atoms with Gasteiger partial charge >= 0.3 is 0 Å². The number of nitrogens with two attached hydrogens (primary N) is 1. The second-order valence-electron chi connectivity index (χ2n) is 5.02. The molecule has 3 N–H and O–H groups in total. The summed E-state index contributed by atoms with van der Waals surface area (Å²) in [5.41, 5.74) is 7.55. The predicted molar refractivity (Wildman–Crippen MR) is 83.6 cm³/mol. The van der Waals surface area contributed by atoms with Crippen molar-refractivity contribution in [3.63, 3.8) is 0 Å². The Labute approximate surface area is 120 Å². The van der Waals surface area contributed by atoms with E-state index in [9.17, 15) is 0 Å². The van der Waals surface area contributed by atoms with Gasteiger partial charge in [0.2, 0.25) is 0 Å².